The fourth-order valence-electron chi connectivity index (χ4n) is 1.84. The van der Waals surface area contributed by atoms with Gasteiger partial charge in [-0.1, -0.05) is 6.07 Å². The van der Waals surface area contributed by atoms with Gasteiger partial charge in [0, 0.05) is 19.3 Å². The molecule has 0 fully saturated rings. The highest BCUT2D eigenvalue weighted by Crippen LogP contribution is 2.04. The summed E-state index contributed by atoms with van der Waals surface area (Å²) in [6.07, 6.45) is 3.66. The number of aliphatic imine (C=N–C) groups is 2. The van der Waals surface area contributed by atoms with Crippen molar-refractivity contribution in [3.05, 3.63) is 30.1 Å². The van der Waals surface area contributed by atoms with E-state index in [0.29, 0.717) is 6.67 Å². The molecule has 5 heteroatoms. The van der Waals surface area contributed by atoms with E-state index in [0.717, 1.165) is 31.3 Å². The zero-order valence-electron chi connectivity index (χ0n) is 11.0. The Labute approximate surface area is 108 Å². The highest BCUT2D eigenvalue weighted by Gasteiger charge is 2.11. The molecule has 18 heavy (non-hydrogen) atoms. The summed E-state index contributed by atoms with van der Waals surface area (Å²) < 4.78 is 0. The number of nitrogens with zero attached hydrogens (tertiary/aromatic N) is 5. The molecule has 0 amide bonds. The van der Waals surface area contributed by atoms with Gasteiger partial charge in [-0.3, -0.25) is 4.98 Å². The largest absolute Gasteiger partial charge is 0.342 e. The SMILES string of the molecule is CCN(CC)C1=NCN(Cc2ccccn2)C=N1. The van der Waals surface area contributed by atoms with Crippen molar-refractivity contribution < 1.29 is 0 Å². The molecule has 0 aliphatic carbocycles. The second-order valence-electron chi connectivity index (χ2n) is 4.08. The molecule has 0 atom stereocenters. The second kappa shape index (κ2) is 6.14. The van der Waals surface area contributed by atoms with Crippen molar-refractivity contribution in [2.24, 2.45) is 9.98 Å². The molecule has 0 N–H and O–H groups in total. The van der Waals surface area contributed by atoms with Crippen molar-refractivity contribution in [1.82, 2.24) is 14.8 Å². The lowest BCUT2D eigenvalue weighted by Gasteiger charge is -2.25. The van der Waals surface area contributed by atoms with E-state index < -0.39 is 0 Å². The molecule has 1 aromatic heterocycles. The van der Waals surface area contributed by atoms with Crippen LogP contribution in [0.5, 0.6) is 0 Å². The predicted octanol–water partition coefficient (Wildman–Crippen LogP) is 1.58. The summed E-state index contributed by atoms with van der Waals surface area (Å²) in [5.41, 5.74) is 1.03. The molecular formula is C13H19N5. The molecule has 0 radical (unpaired) electrons. The highest BCUT2D eigenvalue weighted by molar-refractivity contribution is 5.88. The summed E-state index contributed by atoms with van der Waals surface area (Å²) in [5.74, 6) is 0.831. The van der Waals surface area contributed by atoms with Gasteiger partial charge >= 0.3 is 0 Å². The minimum Gasteiger partial charge on any atom is -0.342 e. The number of guanidine groups is 1. The Morgan fingerprint density at radius 2 is 2.11 bits per heavy atom. The molecule has 0 saturated carbocycles. The lowest BCUT2D eigenvalue weighted by atomic mass is 10.3. The zero-order chi connectivity index (χ0) is 12.8. The Bertz CT molecular complexity index is 422. The fourth-order valence-corrected chi connectivity index (χ4v) is 1.84. The van der Waals surface area contributed by atoms with E-state index in [4.69, 9.17) is 0 Å². The third-order valence-electron chi connectivity index (χ3n) is 2.87. The van der Waals surface area contributed by atoms with Crippen LogP contribution in [0.4, 0.5) is 0 Å². The molecule has 2 heterocycles. The lowest BCUT2D eigenvalue weighted by molar-refractivity contribution is 0.405. The van der Waals surface area contributed by atoms with Crippen LogP contribution in [0.25, 0.3) is 0 Å². The predicted molar refractivity (Wildman–Crippen MR) is 73.5 cm³/mol. The quantitative estimate of drug-likeness (QED) is 0.809. The molecule has 0 aromatic carbocycles. The molecule has 1 aliphatic rings. The van der Waals surface area contributed by atoms with Gasteiger partial charge in [0.25, 0.3) is 0 Å². The van der Waals surface area contributed by atoms with Crippen LogP contribution in [0.15, 0.2) is 34.4 Å². The van der Waals surface area contributed by atoms with Gasteiger partial charge in [0.15, 0.2) is 0 Å². The van der Waals surface area contributed by atoms with Crippen molar-refractivity contribution in [3.63, 3.8) is 0 Å². The normalized spacial score (nSPS) is 14.6. The Kier molecular flexibility index (Phi) is 4.28. The molecule has 96 valence electrons. The highest BCUT2D eigenvalue weighted by atomic mass is 15.4. The first-order valence-electron chi connectivity index (χ1n) is 6.31. The summed E-state index contributed by atoms with van der Waals surface area (Å²) in [4.78, 5) is 17.4. The molecule has 5 nitrogen and oxygen atoms in total. The molecular weight excluding hydrogens is 226 g/mol. The monoisotopic (exact) mass is 245 g/mol. The lowest BCUT2D eigenvalue weighted by Crippen LogP contribution is -2.35. The first-order chi connectivity index (χ1) is 8.83. The summed E-state index contributed by atoms with van der Waals surface area (Å²) >= 11 is 0. The van der Waals surface area contributed by atoms with Crippen LogP contribution in [-0.4, -0.2) is 46.8 Å². The summed E-state index contributed by atoms with van der Waals surface area (Å²) in [7, 11) is 0. The van der Waals surface area contributed by atoms with E-state index in [1.807, 2.05) is 24.5 Å². The molecule has 0 saturated heterocycles. The van der Waals surface area contributed by atoms with E-state index in [1.54, 1.807) is 6.20 Å². The second-order valence-corrected chi connectivity index (χ2v) is 4.08. The van der Waals surface area contributed by atoms with Gasteiger partial charge in [0.05, 0.1) is 18.6 Å². The average molecular weight is 245 g/mol. The molecule has 0 spiro atoms. The summed E-state index contributed by atoms with van der Waals surface area (Å²) in [6, 6.07) is 5.93. The Hall–Kier alpha value is -1.91. The Morgan fingerprint density at radius 1 is 1.28 bits per heavy atom. The first kappa shape index (κ1) is 12.5. The molecule has 0 unspecified atom stereocenters. The van der Waals surface area contributed by atoms with E-state index in [-0.39, 0.29) is 0 Å². The fraction of sp³-hybridized carbons (Fsp3) is 0.462. The third-order valence-corrected chi connectivity index (χ3v) is 2.87. The van der Waals surface area contributed by atoms with Crippen LogP contribution < -0.4 is 0 Å². The van der Waals surface area contributed by atoms with Crippen LogP contribution in [0.2, 0.25) is 0 Å². The van der Waals surface area contributed by atoms with Gasteiger partial charge < -0.3 is 9.80 Å². The van der Waals surface area contributed by atoms with Crippen LogP contribution in [-0.2, 0) is 6.54 Å². The van der Waals surface area contributed by atoms with Crippen LogP contribution >= 0.6 is 0 Å². The standard InChI is InChI=1S/C13H19N5/c1-3-18(4-2)13-15-10-17(11-16-13)9-12-7-5-6-8-14-12/h5-8,10H,3-4,9,11H2,1-2H3. The molecule has 2 rings (SSSR count). The Morgan fingerprint density at radius 3 is 2.67 bits per heavy atom. The summed E-state index contributed by atoms with van der Waals surface area (Å²) in [6.45, 7) is 7.49. The molecule has 1 aliphatic heterocycles. The number of pyridine rings is 1. The van der Waals surface area contributed by atoms with Crippen molar-refractivity contribution in [2.45, 2.75) is 20.4 Å². The van der Waals surface area contributed by atoms with E-state index in [1.165, 1.54) is 0 Å². The third kappa shape index (κ3) is 3.06. The van der Waals surface area contributed by atoms with Crippen molar-refractivity contribution in [3.8, 4) is 0 Å². The number of hydrogen-bond donors (Lipinski definition) is 0. The minimum absolute atomic E-state index is 0.645. The van der Waals surface area contributed by atoms with E-state index in [9.17, 15) is 0 Å². The number of hydrogen-bond acceptors (Lipinski definition) is 5. The van der Waals surface area contributed by atoms with Gasteiger partial charge in [-0.2, -0.15) is 0 Å². The first-order valence-corrected chi connectivity index (χ1v) is 6.31. The van der Waals surface area contributed by atoms with E-state index in [2.05, 4.69) is 38.6 Å². The van der Waals surface area contributed by atoms with Crippen LogP contribution in [0.3, 0.4) is 0 Å². The average Bonchev–Trinajstić information content (AvgIpc) is 2.43. The van der Waals surface area contributed by atoms with Crippen molar-refractivity contribution in [1.29, 1.82) is 0 Å². The molecule has 0 bridgehead atoms. The Balaban J connectivity index is 1.93. The zero-order valence-corrected chi connectivity index (χ0v) is 11.0. The van der Waals surface area contributed by atoms with Crippen molar-refractivity contribution in [2.75, 3.05) is 19.8 Å². The maximum absolute atomic E-state index is 4.49. The molecule has 1 aromatic rings. The number of rotatable bonds is 4. The van der Waals surface area contributed by atoms with Crippen LogP contribution in [0.1, 0.15) is 19.5 Å². The van der Waals surface area contributed by atoms with Gasteiger partial charge in [-0.25, -0.2) is 9.98 Å². The maximum atomic E-state index is 4.49. The van der Waals surface area contributed by atoms with Crippen LogP contribution in [0, 0.1) is 0 Å². The van der Waals surface area contributed by atoms with Gasteiger partial charge in [0.2, 0.25) is 5.96 Å². The smallest absolute Gasteiger partial charge is 0.223 e. The summed E-state index contributed by atoms with van der Waals surface area (Å²) in [5, 5.41) is 0. The van der Waals surface area contributed by atoms with E-state index >= 15 is 0 Å². The van der Waals surface area contributed by atoms with Gasteiger partial charge in [0.1, 0.15) is 6.67 Å². The number of aromatic nitrogens is 1. The topological polar surface area (TPSA) is 44.1 Å². The minimum atomic E-state index is 0.645. The maximum Gasteiger partial charge on any atom is 0.223 e. The van der Waals surface area contributed by atoms with Crippen molar-refractivity contribution >= 4 is 12.3 Å². The van der Waals surface area contributed by atoms with Gasteiger partial charge in [-0.15, -0.1) is 0 Å². The van der Waals surface area contributed by atoms with Gasteiger partial charge in [-0.05, 0) is 26.0 Å².